The Labute approximate surface area is 155 Å². The molecule has 1 saturated carbocycles. The maximum absolute atomic E-state index is 12.1. The zero-order valence-corrected chi connectivity index (χ0v) is 16.0. The van der Waals surface area contributed by atoms with Crippen LogP contribution in [0.4, 0.5) is 5.69 Å². The summed E-state index contributed by atoms with van der Waals surface area (Å²) in [7, 11) is 0. The first-order valence-electron chi connectivity index (χ1n) is 8.45. The lowest BCUT2D eigenvalue weighted by molar-refractivity contribution is -0.117. The first kappa shape index (κ1) is 21.3. The number of anilines is 1. The van der Waals surface area contributed by atoms with Gasteiger partial charge in [-0.25, -0.2) is 0 Å². The molecule has 0 saturated heterocycles. The number of halogens is 1. The van der Waals surface area contributed by atoms with E-state index in [0.29, 0.717) is 19.1 Å². The fourth-order valence-electron chi connectivity index (χ4n) is 2.80. The van der Waals surface area contributed by atoms with Gasteiger partial charge in [0.2, 0.25) is 5.91 Å². The third kappa shape index (κ3) is 7.43. The minimum atomic E-state index is -0.454. The lowest BCUT2D eigenvalue weighted by Gasteiger charge is -2.22. The number of rotatable bonds is 8. The second-order valence-corrected chi connectivity index (χ2v) is 7.13. The van der Waals surface area contributed by atoms with Gasteiger partial charge in [-0.2, -0.15) is 11.8 Å². The van der Waals surface area contributed by atoms with Crippen LogP contribution in [-0.4, -0.2) is 30.1 Å². The van der Waals surface area contributed by atoms with Crippen molar-refractivity contribution in [3.8, 4) is 0 Å². The number of carbonyl (C=O) groups is 1. The molecule has 0 heterocycles. The number of hydrogen-bond donors (Lipinski definition) is 2. The highest BCUT2D eigenvalue weighted by Crippen LogP contribution is 2.22. The van der Waals surface area contributed by atoms with Crippen LogP contribution in [0.15, 0.2) is 24.3 Å². The van der Waals surface area contributed by atoms with Crippen molar-refractivity contribution < 1.29 is 9.53 Å². The number of benzene rings is 1. The molecule has 1 aromatic carbocycles. The van der Waals surface area contributed by atoms with E-state index in [2.05, 4.69) is 5.32 Å². The summed E-state index contributed by atoms with van der Waals surface area (Å²) in [6, 6.07) is 7.39. The summed E-state index contributed by atoms with van der Waals surface area (Å²) in [5.41, 5.74) is 7.78. The van der Waals surface area contributed by atoms with E-state index in [1.807, 2.05) is 30.5 Å². The molecule has 1 atom stereocenters. The molecule has 24 heavy (non-hydrogen) atoms. The van der Waals surface area contributed by atoms with Crippen molar-refractivity contribution in [2.45, 2.75) is 57.3 Å². The molecule has 0 unspecified atom stereocenters. The quantitative estimate of drug-likeness (QED) is 0.724. The third-order valence-electron chi connectivity index (χ3n) is 4.20. The average molecular weight is 373 g/mol. The maximum atomic E-state index is 12.1. The van der Waals surface area contributed by atoms with Gasteiger partial charge in [0, 0.05) is 5.69 Å². The number of nitrogens with two attached hydrogens (primary N) is 1. The Morgan fingerprint density at radius 2 is 2.12 bits per heavy atom. The monoisotopic (exact) mass is 372 g/mol. The molecular weight excluding hydrogens is 344 g/mol. The molecule has 0 radical (unpaired) electrons. The molecule has 4 nitrogen and oxygen atoms in total. The Bertz CT molecular complexity index is 496. The molecule has 136 valence electrons. The van der Waals surface area contributed by atoms with Gasteiger partial charge in [0.05, 0.1) is 18.8 Å². The summed E-state index contributed by atoms with van der Waals surface area (Å²) in [5, 5.41) is 2.90. The first-order chi connectivity index (χ1) is 11.2. The molecule has 1 aliphatic rings. The third-order valence-corrected chi connectivity index (χ3v) is 4.85. The summed E-state index contributed by atoms with van der Waals surface area (Å²) >= 11 is 1.70. The van der Waals surface area contributed by atoms with Gasteiger partial charge in [-0.3, -0.25) is 4.79 Å². The minimum Gasteiger partial charge on any atom is -0.374 e. The summed E-state index contributed by atoms with van der Waals surface area (Å²) in [6.07, 6.45) is 9.31. The summed E-state index contributed by atoms with van der Waals surface area (Å²) in [6.45, 7) is 0.604. The molecule has 0 aromatic heterocycles. The van der Waals surface area contributed by atoms with Gasteiger partial charge in [0.25, 0.3) is 0 Å². The van der Waals surface area contributed by atoms with Gasteiger partial charge in [-0.15, -0.1) is 12.4 Å². The van der Waals surface area contributed by atoms with Crippen molar-refractivity contribution >= 4 is 35.8 Å². The van der Waals surface area contributed by atoms with Crippen LogP contribution in [0.2, 0.25) is 0 Å². The van der Waals surface area contributed by atoms with E-state index in [0.717, 1.165) is 17.0 Å². The van der Waals surface area contributed by atoms with Crippen molar-refractivity contribution in [2.75, 3.05) is 17.3 Å². The molecule has 1 aliphatic carbocycles. The molecule has 0 aliphatic heterocycles. The minimum absolute atomic E-state index is 0. The predicted octanol–water partition coefficient (Wildman–Crippen LogP) is 3.98. The molecular formula is C18H29ClN2O2S. The summed E-state index contributed by atoms with van der Waals surface area (Å²) in [4.78, 5) is 12.1. The Kier molecular flexibility index (Phi) is 10.4. The average Bonchev–Trinajstić information content (AvgIpc) is 2.59. The van der Waals surface area contributed by atoms with E-state index in [1.165, 1.54) is 32.1 Å². The van der Waals surface area contributed by atoms with Gasteiger partial charge in [-0.1, -0.05) is 31.4 Å². The second-order valence-electron chi connectivity index (χ2n) is 6.15. The molecule has 3 N–H and O–H groups in total. The van der Waals surface area contributed by atoms with Crippen LogP contribution in [0.5, 0.6) is 0 Å². The second kappa shape index (κ2) is 11.7. The number of ether oxygens (including phenoxy) is 1. The van der Waals surface area contributed by atoms with Crippen molar-refractivity contribution in [3.05, 3.63) is 29.8 Å². The van der Waals surface area contributed by atoms with Crippen LogP contribution >= 0.6 is 24.2 Å². The van der Waals surface area contributed by atoms with Crippen LogP contribution in [0.25, 0.3) is 0 Å². The van der Waals surface area contributed by atoms with Gasteiger partial charge >= 0.3 is 0 Å². The number of thioether (sulfide) groups is 1. The normalized spacial score (nSPS) is 16.2. The summed E-state index contributed by atoms with van der Waals surface area (Å²) in [5.74, 6) is 0.772. The smallest absolute Gasteiger partial charge is 0.241 e. The highest BCUT2D eigenvalue weighted by atomic mass is 35.5. The lowest BCUT2D eigenvalue weighted by atomic mass is 9.98. The standard InChI is InChI=1S/C18H28N2O2S.ClH/c1-23-11-10-17(19)18(21)20-15-7-5-6-14(12-15)13-22-16-8-3-2-4-9-16;/h5-7,12,16-17H,2-4,8-11,13,19H2,1H3,(H,20,21);1H/t17-;/m0./s1. The molecule has 1 amide bonds. The van der Waals surface area contributed by atoms with Crippen molar-refractivity contribution in [1.29, 1.82) is 0 Å². The zero-order chi connectivity index (χ0) is 16.5. The Balaban J connectivity index is 0.00000288. The van der Waals surface area contributed by atoms with E-state index in [4.69, 9.17) is 10.5 Å². The van der Waals surface area contributed by atoms with Gasteiger partial charge in [0.15, 0.2) is 0 Å². The fraction of sp³-hybridized carbons (Fsp3) is 0.611. The van der Waals surface area contributed by atoms with Crippen LogP contribution in [0, 0.1) is 0 Å². The SMILES string of the molecule is CSCC[C@H](N)C(=O)Nc1cccc(COC2CCCCC2)c1.Cl. The molecule has 6 heteroatoms. The molecule has 2 rings (SSSR count). The van der Waals surface area contributed by atoms with E-state index in [-0.39, 0.29) is 18.3 Å². The van der Waals surface area contributed by atoms with E-state index >= 15 is 0 Å². The number of amides is 1. The molecule has 1 fully saturated rings. The van der Waals surface area contributed by atoms with E-state index < -0.39 is 6.04 Å². The predicted molar refractivity (Wildman–Crippen MR) is 105 cm³/mol. The van der Waals surface area contributed by atoms with Crippen LogP contribution in [0.3, 0.4) is 0 Å². The van der Waals surface area contributed by atoms with Crippen LogP contribution in [0.1, 0.15) is 44.1 Å². The van der Waals surface area contributed by atoms with Gasteiger partial charge < -0.3 is 15.8 Å². The Morgan fingerprint density at radius 1 is 1.38 bits per heavy atom. The molecule has 1 aromatic rings. The number of hydrogen-bond acceptors (Lipinski definition) is 4. The highest BCUT2D eigenvalue weighted by molar-refractivity contribution is 7.98. The Morgan fingerprint density at radius 3 is 2.83 bits per heavy atom. The Hall–Kier alpha value is -0.750. The molecule has 0 bridgehead atoms. The van der Waals surface area contributed by atoms with Crippen LogP contribution < -0.4 is 11.1 Å². The summed E-state index contributed by atoms with van der Waals surface area (Å²) < 4.78 is 5.99. The fourth-order valence-corrected chi connectivity index (χ4v) is 3.29. The zero-order valence-electron chi connectivity index (χ0n) is 14.3. The van der Waals surface area contributed by atoms with E-state index in [9.17, 15) is 4.79 Å². The van der Waals surface area contributed by atoms with Gasteiger partial charge in [0.1, 0.15) is 0 Å². The van der Waals surface area contributed by atoms with E-state index in [1.54, 1.807) is 11.8 Å². The lowest BCUT2D eigenvalue weighted by Crippen LogP contribution is -2.36. The largest absolute Gasteiger partial charge is 0.374 e. The molecule has 0 spiro atoms. The van der Waals surface area contributed by atoms with Gasteiger partial charge in [-0.05, 0) is 49.0 Å². The number of carbonyl (C=O) groups excluding carboxylic acids is 1. The van der Waals surface area contributed by atoms with Crippen molar-refractivity contribution in [3.63, 3.8) is 0 Å². The topological polar surface area (TPSA) is 64.4 Å². The van der Waals surface area contributed by atoms with Crippen LogP contribution in [-0.2, 0) is 16.1 Å². The maximum Gasteiger partial charge on any atom is 0.241 e. The van der Waals surface area contributed by atoms with Crippen molar-refractivity contribution in [2.24, 2.45) is 5.73 Å². The number of nitrogens with one attached hydrogen (secondary N) is 1. The van der Waals surface area contributed by atoms with Crippen molar-refractivity contribution in [1.82, 2.24) is 0 Å². The first-order valence-corrected chi connectivity index (χ1v) is 9.84. The highest BCUT2D eigenvalue weighted by Gasteiger charge is 2.15.